The first kappa shape index (κ1) is 18.4. The lowest BCUT2D eigenvalue weighted by Gasteiger charge is -2.32. The van der Waals surface area contributed by atoms with Crippen LogP contribution >= 0.6 is 0 Å². The lowest BCUT2D eigenvalue weighted by atomic mass is 9.77. The van der Waals surface area contributed by atoms with E-state index in [2.05, 4.69) is 0 Å². The van der Waals surface area contributed by atoms with Gasteiger partial charge in [0.25, 0.3) is 0 Å². The van der Waals surface area contributed by atoms with Crippen LogP contribution < -0.4 is 5.46 Å². The molecule has 2 aliphatic rings. The fraction of sp³-hybridized carbons (Fsp3) is 0.632. The van der Waals surface area contributed by atoms with Gasteiger partial charge in [-0.3, -0.25) is 4.79 Å². The average molecular weight is 346 g/mol. The van der Waals surface area contributed by atoms with Crippen LogP contribution in [0.4, 0.5) is 0 Å². The molecule has 3 rings (SSSR count). The van der Waals surface area contributed by atoms with E-state index in [0.29, 0.717) is 19.8 Å². The van der Waals surface area contributed by atoms with Crippen molar-refractivity contribution >= 4 is 18.6 Å². The van der Waals surface area contributed by atoms with Gasteiger partial charge in [0.2, 0.25) is 0 Å². The predicted molar refractivity (Wildman–Crippen MR) is 95.8 cm³/mol. The summed E-state index contributed by atoms with van der Waals surface area (Å²) in [5, 5.41) is 0. The van der Waals surface area contributed by atoms with Crippen LogP contribution in [0, 0.1) is 5.92 Å². The Morgan fingerprint density at radius 1 is 1.16 bits per heavy atom. The van der Waals surface area contributed by atoms with E-state index in [1.165, 1.54) is 0 Å². The van der Waals surface area contributed by atoms with Crippen LogP contribution in [0.15, 0.2) is 24.3 Å². The van der Waals surface area contributed by atoms with E-state index in [1.807, 2.05) is 58.9 Å². The number of hydrogen-bond donors (Lipinski definition) is 0. The highest BCUT2D eigenvalue weighted by atomic mass is 16.7. The number of rotatable bonds is 5. The Hall–Kier alpha value is -1.37. The van der Waals surface area contributed by atoms with Crippen LogP contribution in [0.2, 0.25) is 0 Å². The molecule has 2 saturated heterocycles. The number of benzene rings is 1. The van der Waals surface area contributed by atoms with Gasteiger partial charge in [0.15, 0.2) is 0 Å². The van der Waals surface area contributed by atoms with Crippen LogP contribution in [0.1, 0.15) is 46.1 Å². The Labute approximate surface area is 150 Å². The summed E-state index contributed by atoms with van der Waals surface area (Å²) < 4.78 is 22.7. The number of esters is 1. The van der Waals surface area contributed by atoms with E-state index in [9.17, 15) is 4.79 Å². The number of carbonyl (C=O) groups excluding carboxylic acids is 1. The summed E-state index contributed by atoms with van der Waals surface area (Å²) in [5.74, 6) is -0.276. The molecule has 0 radical (unpaired) electrons. The van der Waals surface area contributed by atoms with E-state index < -0.39 is 7.12 Å². The maximum atomic E-state index is 12.4. The van der Waals surface area contributed by atoms with Gasteiger partial charge < -0.3 is 18.8 Å². The largest absolute Gasteiger partial charge is 0.494 e. The second-order valence-corrected chi connectivity index (χ2v) is 7.78. The molecule has 0 saturated carbocycles. The molecule has 1 aromatic rings. The topological polar surface area (TPSA) is 54.0 Å². The second kappa shape index (κ2) is 6.74. The van der Waals surface area contributed by atoms with Gasteiger partial charge >= 0.3 is 13.1 Å². The first-order chi connectivity index (χ1) is 11.7. The minimum Gasteiger partial charge on any atom is -0.466 e. The van der Waals surface area contributed by atoms with Crippen molar-refractivity contribution in [1.82, 2.24) is 0 Å². The molecule has 1 unspecified atom stereocenters. The number of carbonyl (C=O) groups is 1. The smallest absolute Gasteiger partial charge is 0.466 e. The molecule has 25 heavy (non-hydrogen) atoms. The van der Waals surface area contributed by atoms with Gasteiger partial charge in [0, 0.05) is 5.92 Å². The molecular weight excluding hydrogens is 319 g/mol. The van der Waals surface area contributed by atoms with Crippen molar-refractivity contribution < 1.29 is 23.6 Å². The third kappa shape index (κ3) is 3.48. The molecule has 136 valence electrons. The molecule has 0 bridgehead atoms. The molecular formula is C19H27BO5. The summed E-state index contributed by atoms with van der Waals surface area (Å²) in [7, 11) is -0.396. The summed E-state index contributed by atoms with van der Waals surface area (Å²) in [6.45, 7) is 11.6. The van der Waals surface area contributed by atoms with Gasteiger partial charge in [0.05, 0.1) is 36.9 Å². The summed E-state index contributed by atoms with van der Waals surface area (Å²) in [6, 6.07) is 7.90. The third-order valence-electron chi connectivity index (χ3n) is 5.50. The zero-order valence-corrected chi connectivity index (χ0v) is 15.7. The molecule has 2 aliphatic heterocycles. The van der Waals surface area contributed by atoms with Crippen molar-refractivity contribution in [3.05, 3.63) is 29.8 Å². The van der Waals surface area contributed by atoms with Crippen molar-refractivity contribution in [2.75, 3.05) is 19.8 Å². The molecule has 6 heteroatoms. The highest BCUT2D eigenvalue weighted by Gasteiger charge is 2.51. The van der Waals surface area contributed by atoms with Crippen molar-refractivity contribution in [2.45, 2.75) is 51.7 Å². The molecule has 5 nitrogen and oxygen atoms in total. The van der Waals surface area contributed by atoms with Gasteiger partial charge in [-0.1, -0.05) is 24.3 Å². The van der Waals surface area contributed by atoms with Crippen molar-refractivity contribution in [2.24, 2.45) is 5.92 Å². The van der Waals surface area contributed by atoms with Gasteiger partial charge in [-0.05, 0) is 45.6 Å². The first-order valence-corrected chi connectivity index (χ1v) is 8.95. The van der Waals surface area contributed by atoms with E-state index in [4.69, 9.17) is 18.8 Å². The maximum Gasteiger partial charge on any atom is 0.494 e. The highest BCUT2D eigenvalue weighted by molar-refractivity contribution is 6.62. The zero-order chi connectivity index (χ0) is 18.2. The molecule has 2 heterocycles. The van der Waals surface area contributed by atoms with E-state index in [-0.39, 0.29) is 29.0 Å². The average Bonchev–Trinajstić information content (AvgIpc) is 2.71. The van der Waals surface area contributed by atoms with Crippen LogP contribution in [0.3, 0.4) is 0 Å². The predicted octanol–water partition coefficient (Wildman–Crippen LogP) is 2.28. The second-order valence-electron chi connectivity index (χ2n) is 7.78. The van der Waals surface area contributed by atoms with Crippen LogP contribution in [0.25, 0.3) is 0 Å². The molecule has 0 spiro atoms. The monoisotopic (exact) mass is 346 g/mol. The highest BCUT2D eigenvalue weighted by Crippen LogP contribution is 2.37. The van der Waals surface area contributed by atoms with Gasteiger partial charge in [-0.15, -0.1) is 0 Å². The summed E-state index contributed by atoms with van der Waals surface area (Å²) in [5.41, 5.74) is 1.17. The standard InChI is InChI=1S/C19H27BO5/c1-6-23-17(21)16(14-11-22-12-14)13-7-9-15(10-8-13)20-24-18(2,3)19(4,5)25-20/h7-10,14,16H,6,11-12H2,1-5H3. The Morgan fingerprint density at radius 3 is 2.16 bits per heavy atom. The third-order valence-corrected chi connectivity index (χ3v) is 5.50. The van der Waals surface area contributed by atoms with Gasteiger partial charge in [-0.25, -0.2) is 0 Å². The summed E-state index contributed by atoms with van der Waals surface area (Å²) >= 11 is 0. The molecule has 1 atom stereocenters. The molecule has 1 aromatic carbocycles. The first-order valence-electron chi connectivity index (χ1n) is 8.95. The number of hydrogen-bond acceptors (Lipinski definition) is 5. The fourth-order valence-corrected chi connectivity index (χ4v) is 3.12. The van der Waals surface area contributed by atoms with Crippen molar-refractivity contribution in [3.8, 4) is 0 Å². The lowest BCUT2D eigenvalue weighted by Crippen LogP contribution is -2.41. The Balaban J connectivity index is 1.78. The zero-order valence-electron chi connectivity index (χ0n) is 15.7. The Kier molecular flexibility index (Phi) is 4.97. The summed E-state index contributed by atoms with van der Waals surface area (Å²) in [4.78, 5) is 12.4. The van der Waals surface area contributed by atoms with Crippen LogP contribution in [-0.2, 0) is 23.6 Å². The normalized spacial score (nSPS) is 23.2. The number of ether oxygens (including phenoxy) is 2. The molecule has 2 fully saturated rings. The minimum absolute atomic E-state index is 0.181. The van der Waals surface area contributed by atoms with Gasteiger partial charge in [-0.2, -0.15) is 0 Å². The van der Waals surface area contributed by atoms with Crippen LogP contribution in [-0.4, -0.2) is 44.1 Å². The fourth-order valence-electron chi connectivity index (χ4n) is 3.12. The van der Waals surface area contributed by atoms with Crippen LogP contribution in [0.5, 0.6) is 0 Å². The lowest BCUT2D eigenvalue weighted by molar-refractivity contribution is -0.152. The van der Waals surface area contributed by atoms with Crippen molar-refractivity contribution in [1.29, 1.82) is 0 Å². The Morgan fingerprint density at radius 2 is 1.72 bits per heavy atom. The van der Waals surface area contributed by atoms with E-state index in [0.717, 1.165) is 11.0 Å². The molecule has 0 aliphatic carbocycles. The molecule has 0 N–H and O–H groups in total. The maximum absolute atomic E-state index is 12.4. The molecule has 0 amide bonds. The SMILES string of the molecule is CCOC(=O)C(c1ccc(B2OC(C)(C)C(C)(C)O2)cc1)C1COC1. The minimum atomic E-state index is -0.396. The van der Waals surface area contributed by atoms with Gasteiger partial charge in [0.1, 0.15) is 0 Å². The van der Waals surface area contributed by atoms with Crippen molar-refractivity contribution in [3.63, 3.8) is 0 Å². The molecule has 0 aromatic heterocycles. The summed E-state index contributed by atoms with van der Waals surface area (Å²) in [6.07, 6.45) is 0. The quantitative estimate of drug-likeness (QED) is 0.605. The van der Waals surface area contributed by atoms with E-state index in [1.54, 1.807) is 0 Å². The van der Waals surface area contributed by atoms with E-state index >= 15 is 0 Å². The Bertz CT molecular complexity index is 605.